The first-order valence-corrected chi connectivity index (χ1v) is 10.4. The number of nitrogens with zero attached hydrogens (tertiary/aromatic N) is 1. The van der Waals surface area contributed by atoms with Crippen LogP contribution in [0, 0.1) is 24.1 Å². The van der Waals surface area contributed by atoms with Crippen molar-refractivity contribution in [2.45, 2.75) is 13.5 Å². The summed E-state index contributed by atoms with van der Waals surface area (Å²) in [6, 6.07) is 18.7. The van der Waals surface area contributed by atoms with Gasteiger partial charge in [-0.15, -0.1) is 0 Å². The molecule has 1 amide bonds. The molecule has 0 saturated carbocycles. The van der Waals surface area contributed by atoms with Crippen LogP contribution in [0.4, 0.5) is 10.1 Å². The molecule has 7 heteroatoms. The lowest BCUT2D eigenvalue weighted by Crippen LogP contribution is -2.13. The number of amides is 1. The van der Waals surface area contributed by atoms with Gasteiger partial charge in [-0.25, -0.2) is 4.39 Å². The summed E-state index contributed by atoms with van der Waals surface area (Å²) in [6.45, 7) is 2.13. The Bertz CT molecular complexity index is 1200. The highest BCUT2D eigenvalue weighted by Crippen LogP contribution is 2.37. The van der Waals surface area contributed by atoms with Crippen molar-refractivity contribution >= 4 is 33.6 Å². The maximum Gasteiger partial charge on any atom is 0.266 e. The SMILES string of the molecule is COc1cc(/C=C(/C#N)C(=O)Nc2cccc(C)c2)cc(Br)c1OCc1ccc(F)cc1. The van der Waals surface area contributed by atoms with E-state index in [4.69, 9.17) is 9.47 Å². The second kappa shape index (κ2) is 10.6. The van der Waals surface area contributed by atoms with Gasteiger partial charge in [0, 0.05) is 5.69 Å². The summed E-state index contributed by atoms with van der Waals surface area (Å²) in [7, 11) is 1.50. The molecule has 0 aliphatic heterocycles. The number of ether oxygens (including phenoxy) is 2. The van der Waals surface area contributed by atoms with Crippen LogP contribution in [0.3, 0.4) is 0 Å². The number of nitrogens with one attached hydrogen (secondary N) is 1. The molecule has 0 radical (unpaired) electrons. The van der Waals surface area contributed by atoms with Crippen LogP contribution in [-0.4, -0.2) is 13.0 Å². The minimum Gasteiger partial charge on any atom is -0.493 e. The summed E-state index contributed by atoms with van der Waals surface area (Å²) in [5.41, 5.74) is 2.93. The third-order valence-electron chi connectivity index (χ3n) is 4.50. The third kappa shape index (κ3) is 5.96. The van der Waals surface area contributed by atoms with E-state index in [0.29, 0.717) is 27.2 Å². The molecule has 3 rings (SSSR count). The first-order valence-electron chi connectivity index (χ1n) is 9.64. The normalized spacial score (nSPS) is 10.9. The first kappa shape index (κ1) is 23.0. The van der Waals surface area contributed by atoms with E-state index in [1.807, 2.05) is 31.2 Å². The van der Waals surface area contributed by atoms with E-state index in [1.54, 1.807) is 30.3 Å². The minimum atomic E-state index is -0.509. The fraction of sp³-hybridized carbons (Fsp3) is 0.120. The molecule has 1 N–H and O–H groups in total. The fourth-order valence-corrected chi connectivity index (χ4v) is 3.51. The number of carbonyl (C=O) groups is 1. The third-order valence-corrected chi connectivity index (χ3v) is 5.09. The molecule has 0 aromatic heterocycles. The van der Waals surface area contributed by atoms with Crippen molar-refractivity contribution in [2.24, 2.45) is 0 Å². The number of methoxy groups -OCH3 is 1. The van der Waals surface area contributed by atoms with Gasteiger partial charge in [0.25, 0.3) is 5.91 Å². The van der Waals surface area contributed by atoms with Crippen molar-refractivity contribution in [3.63, 3.8) is 0 Å². The van der Waals surface area contributed by atoms with E-state index < -0.39 is 5.91 Å². The Balaban J connectivity index is 1.81. The van der Waals surface area contributed by atoms with Crippen LogP contribution in [0.5, 0.6) is 11.5 Å². The largest absolute Gasteiger partial charge is 0.493 e. The first-order chi connectivity index (χ1) is 15.4. The Morgan fingerprint density at radius 3 is 2.59 bits per heavy atom. The Kier molecular flexibility index (Phi) is 7.63. The molecule has 0 fully saturated rings. The van der Waals surface area contributed by atoms with Crippen LogP contribution < -0.4 is 14.8 Å². The predicted molar refractivity (Wildman–Crippen MR) is 125 cm³/mol. The lowest BCUT2D eigenvalue weighted by Gasteiger charge is -2.14. The van der Waals surface area contributed by atoms with Crippen molar-refractivity contribution in [1.29, 1.82) is 5.26 Å². The lowest BCUT2D eigenvalue weighted by molar-refractivity contribution is -0.112. The Morgan fingerprint density at radius 1 is 1.19 bits per heavy atom. The van der Waals surface area contributed by atoms with Gasteiger partial charge in [0.05, 0.1) is 11.6 Å². The second-order valence-corrected chi connectivity index (χ2v) is 7.80. The molecule has 0 saturated heterocycles. The van der Waals surface area contributed by atoms with Gasteiger partial charge >= 0.3 is 0 Å². The van der Waals surface area contributed by atoms with Crippen molar-refractivity contribution in [1.82, 2.24) is 0 Å². The summed E-state index contributed by atoms with van der Waals surface area (Å²) < 4.78 is 24.9. The molecule has 0 atom stereocenters. The zero-order valence-corrected chi connectivity index (χ0v) is 19.1. The molecule has 32 heavy (non-hydrogen) atoms. The molecule has 0 aliphatic rings. The predicted octanol–water partition coefficient (Wildman–Crippen LogP) is 6.03. The summed E-state index contributed by atoms with van der Waals surface area (Å²) in [4.78, 5) is 12.6. The number of hydrogen-bond acceptors (Lipinski definition) is 4. The van der Waals surface area contributed by atoms with Crippen LogP contribution in [0.1, 0.15) is 16.7 Å². The molecule has 5 nitrogen and oxygen atoms in total. The van der Waals surface area contributed by atoms with E-state index in [9.17, 15) is 14.4 Å². The summed E-state index contributed by atoms with van der Waals surface area (Å²) in [5, 5.41) is 12.2. The number of anilines is 1. The highest BCUT2D eigenvalue weighted by atomic mass is 79.9. The molecular weight excluding hydrogens is 475 g/mol. The van der Waals surface area contributed by atoms with Gasteiger partial charge in [-0.3, -0.25) is 4.79 Å². The van der Waals surface area contributed by atoms with E-state index >= 15 is 0 Å². The van der Waals surface area contributed by atoms with Gasteiger partial charge in [-0.2, -0.15) is 5.26 Å². The van der Waals surface area contributed by atoms with Crippen LogP contribution >= 0.6 is 15.9 Å². The van der Waals surface area contributed by atoms with E-state index in [1.165, 1.54) is 25.3 Å². The monoisotopic (exact) mass is 494 g/mol. The van der Waals surface area contributed by atoms with E-state index in [-0.39, 0.29) is 18.0 Å². The Labute approximate surface area is 194 Å². The zero-order chi connectivity index (χ0) is 23.1. The van der Waals surface area contributed by atoms with Crippen molar-refractivity contribution in [3.05, 3.63) is 93.2 Å². The molecule has 3 aromatic rings. The van der Waals surface area contributed by atoms with Gasteiger partial charge in [-0.1, -0.05) is 24.3 Å². The quantitative estimate of drug-likeness (QED) is 0.321. The smallest absolute Gasteiger partial charge is 0.266 e. The number of benzene rings is 3. The number of halogens is 2. The number of nitriles is 1. The lowest BCUT2D eigenvalue weighted by atomic mass is 10.1. The summed E-state index contributed by atoms with van der Waals surface area (Å²) >= 11 is 3.46. The molecule has 0 unspecified atom stereocenters. The van der Waals surface area contributed by atoms with Crippen LogP contribution in [0.15, 0.2) is 70.7 Å². The van der Waals surface area contributed by atoms with Gasteiger partial charge < -0.3 is 14.8 Å². The molecule has 0 heterocycles. The molecular formula is C25H20BrFN2O3. The van der Waals surface area contributed by atoms with E-state index in [0.717, 1.165) is 11.1 Å². The maximum absolute atomic E-state index is 13.1. The Hall–Kier alpha value is -3.63. The highest BCUT2D eigenvalue weighted by Gasteiger charge is 2.14. The number of rotatable bonds is 7. The Morgan fingerprint density at radius 2 is 1.94 bits per heavy atom. The van der Waals surface area contributed by atoms with E-state index in [2.05, 4.69) is 21.2 Å². The van der Waals surface area contributed by atoms with Crippen LogP contribution in [-0.2, 0) is 11.4 Å². The van der Waals surface area contributed by atoms with Gasteiger partial charge in [0.2, 0.25) is 0 Å². The van der Waals surface area contributed by atoms with Crippen LogP contribution in [0.25, 0.3) is 6.08 Å². The molecule has 162 valence electrons. The average molecular weight is 495 g/mol. The van der Waals surface area contributed by atoms with Crippen molar-refractivity contribution in [2.75, 3.05) is 12.4 Å². The standard InChI is InChI=1S/C25H20BrFN2O3/c1-16-4-3-5-21(10-16)29-25(30)19(14-28)11-18-12-22(26)24(23(13-18)31-2)32-15-17-6-8-20(27)9-7-17/h3-13H,15H2,1-2H3,(H,29,30)/b19-11-. The van der Waals surface area contributed by atoms with Gasteiger partial charge in [0.1, 0.15) is 24.1 Å². The molecule has 0 aliphatic carbocycles. The minimum absolute atomic E-state index is 0.0551. The summed E-state index contributed by atoms with van der Waals surface area (Å²) in [6.07, 6.45) is 1.47. The average Bonchev–Trinajstić information content (AvgIpc) is 2.77. The molecule has 0 spiro atoms. The van der Waals surface area contributed by atoms with Crippen LogP contribution in [0.2, 0.25) is 0 Å². The van der Waals surface area contributed by atoms with Gasteiger partial charge in [-0.05, 0) is 82.0 Å². The topological polar surface area (TPSA) is 71.3 Å². The van der Waals surface area contributed by atoms with Crippen molar-refractivity contribution in [3.8, 4) is 17.6 Å². The maximum atomic E-state index is 13.1. The van der Waals surface area contributed by atoms with Gasteiger partial charge in [0.15, 0.2) is 11.5 Å². The fourth-order valence-electron chi connectivity index (χ4n) is 2.94. The number of hydrogen-bond donors (Lipinski definition) is 1. The molecule has 3 aromatic carbocycles. The zero-order valence-electron chi connectivity index (χ0n) is 17.5. The van der Waals surface area contributed by atoms with Crippen molar-refractivity contribution < 1.29 is 18.7 Å². The summed E-state index contributed by atoms with van der Waals surface area (Å²) in [5.74, 6) is 0.0500. The number of aryl methyl sites for hydroxylation is 1. The molecule has 0 bridgehead atoms. The number of carbonyl (C=O) groups excluding carboxylic acids is 1. The highest BCUT2D eigenvalue weighted by molar-refractivity contribution is 9.10. The second-order valence-electron chi connectivity index (χ2n) is 6.94.